The fourth-order valence-corrected chi connectivity index (χ4v) is 2.99. The summed E-state index contributed by atoms with van der Waals surface area (Å²) in [7, 11) is 0. The summed E-state index contributed by atoms with van der Waals surface area (Å²) >= 11 is 8.11. The van der Waals surface area contributed by atoms with Gasteiger partial charge in [-0.25, -0.2) is 4.98 Å². The first-order chi connectivity index (χ1) is 9.24. The number of aromatic nitrogens is 2. The van der Waals surface area contributed by atoms with E-state index in [0.717, 1.165) is 23.0 Å². The second kappa shape index (κ2) is 5.19. The summed E-state index contributed by atoms with van der Waals surface area (Å²) in [5, 5.41) is 2.88. The normalized spacial score (nSPS) is 10.8. The highest BCUT2D eigenvalue weighted by Crippen LogP contribution is 2.29. The van der Waals surface area contributed by atoms with Crippen molar-refractivity contribution in [2.45, 2.75) is 13.5 Å². The standard InChI is InChI=1S/C15H13ClN2S/c1-11-17-6-7-18(11)10-13-5-4-12(9-14(13)16)15-3-2-8-19-15/h2-9H,10H2,1H3. The molecule has 0 N–H and O–H groups in total. The molecule has 2 aromatic heterocycles. The molecule has 0 saturated heterocycles. The van der Waals surface area contributed by atoms with Crippen molar-refractivity contribution in [2.24, 2.45) is 0 Å². The van der Waals surface area contributed by atoms with Crippen LogP contribution in [0.2, 0.25) is 5.02 Å². The molecule has 3 rings (SSSR count). The number of hydrogen-bond acceptors (Lipinski definition) is 2. The summed E-state index contributed by atoms with van der Waals surface area (Å²) in [5.74, 6) is 0.999. The maximum absolute atomic E-state index is 6.39. The van der Waals surface area contributed by atoms with E-state index in [9.17, 15) is 0 Å². The van der Waals surface area contributed by atoms with Crippen LogP contribution in [-0.4, -0.2) is 9.55 Å². The minimum atomic E-state index is 0.759. The third-order valence-corrected chi connectivity index (χ3v) is 4.39. The van der Waals surface area contributed by atoms with Gasteiger partial charge in [0, 0.05) is 22.3 Å². The predicted octanol–water partition coefficient (Wildman–Crippen LogP) is 4.62. The van der Waals surface area contributed by atoms with Crippen LogP contribution in [0.5, 0.6) is 0 Å². The van der Waals surface area contributed by atoms with Crippen LogP contribution in [0.4, 0.5) is 0 Å². The van der Waals surface area contributed by atoms with Gasteiger partial charge in [-0.1, -0.05) is 29.8 Å². The van der Waals surface area contributed by atoms with E-state index in [4.69, 9.17) is 11.6 Å². The maximum atomic E-state index is 6.39. The van der Waals surface area contributed by atoms with Crippen molar-refractivity contribution < 1.29 is 0 Å². The van der Waals surface area contributed by atoms with Crippen molar-refractivity contribution in [3.8, 4) is 10.4 Å². The Morgan fingerprint density at radius 3 is 2.84 bits per heavy atom. The molecule has 0 bridgehead atoms. The van der Waals surface area contributed by atoms with Crippen molar-refractivity contribution in [1.29, 1.82) is 0 Å². The lowest BCUT2D eigenvalue weighted by Gasteiger charge is -2.08. The number of benzene rings is 1. The molecule has 0 spiro atoms. The molecule has 2 heterocycles. The Hall–Kier alpha value is -1.58. The van der Waals surface area contributed by atoms with E-state index >= 15 is 0 Å². The molecule has 0 atom stereocenters. The zero-order valence-electron chi connectivity index (χ0n) is 10.5. The highest BCUT2D eigenvalue weighted by atomic mass is 35.5. The first kappa shape index (κ1) is 12.5. The van der Waals surface area contributed by atoms with Crippen LogP contribution >= 0.6 is 22.9 Å². The lowest BCUT2D eigenvalue weighted by atomic mass is 10.1. The molecule has 0 aliphatic heterocycles. The van der Waals surface area contributed by atoms with Crippen molar-refractivity contribution in [1.82, 2.24) is 9.55 Å². The smallest absolute Gasteiger partial charge is 0.105 e. The number of imidazole rings is 1. The van der Waals surface area contributed by atoms with Crippen LogP contribution in [0.25, 0.3) is 10.4 Å². The molecule has 0 saturated carbocycles. The Morgan fingerprint density at radius 1 is 1.32 bits per heavy atom. The quantitative estimate of drug-likeness (QED) is 0.687. The second-order valence-electron chi connectivity index (χ2n) is 4.39. The van der Waals surface area contributed by atoms with Crippen LogP contribution in [0, 0.1) is 6.92 Å². The largest absolute Gasteiger partial charge is 0.331 e. The summed E-state index contributed by atoms with van der Waals surface area (Å²) in [6, 6.07) is 10.4. The van der Waals surface area contributed by atoms with Crippen LogP contribution in [-0.2, 0) is 6.54 Å². The Balaban J connectivity index is 1.90. The first-order valence-electron chi connectivity index (χ1n) is 6.04. The summed E-state index contributed by atoms with van der Waals surface area (Å²) in [5.41, 5.74) is 2.29. The average Bonchev–Trinajstić information content (AvgIpc) is 3.04. The van der Waals surface area contributed by atoms with Gasteiger partial charge in [0.2, 0.25) is 0 Å². The number of halogens is 1. The molecule has 96 valence electrons. The van der Waals surface area contributed by atoms with Gasteiger partial charge < -0.3 is 4.57 Å². The van der Waals surface area contributed by atoms with Gasteiger partial charge in [-0.05, 0) is 35.6 Å². The second-order valence-corrected chi connectivity index (χ2v) is 5.74. The van der Waals surface area contributed by atoms with E-state index in [-0.39, 0.29) is 0 Å². The predicted molar refractivity (Wildman–Crippen MR) is 80.8 cm³/mol. The summed E-state index contributed by atoms with van der Waals surface area (Å²) < 4.78 is 2.09. The molecule has 0 amide bonds. The fraction of sp³-hybridized carbons (Fsp3) is 0.133. The van der Waals surface area contributed by atoms with Gasteiger partial charge >= 0.3 is 0 Å². The molecule has 19 heavy (non-hydrogen) atoms. The number of aryl methyl sites for hydroxylation is 1. The summed E-state index contributed by atoms with van der Waals surface area (Å²) in [6.07, 6.45) is 3.78. The van der Waals surface area contributed by atoms with Crippen LogP contribution in [0.3, 0.4) is 0 Å². The molecule has 1 aromatic carbocycles. The van der Waals surface area contributed by atoms with E-state index in [1.165, 1.54) is 10.4 Å². The molecule has 4 heteroatoms. The summed E-state index contributed by atoms with van der Waals surface area (Å²) in [4.78, 5) is 5.47. The van der Waals surface area contributed by atoms with Gasteiger partial charge in [-0.2, -0.15) is 0 Å². The lowest BCUT2D eigenvalue weighted by Crippen LogP contribution is -2.01. The molecular formula is C15H13ClN2S. The van der Waals surface area contributed by atoms with Crippen LogP contribution < -0.4 is 0 Å². The Labute approximate surface area is 121 Å². The van der Waals surface area contributed by atoms with Crippen LogP contribution in [0.1, 0.15) is 11.4 Å². The molecule has 0 radical (unpaired) electrons. The highest BCUT2D eigenvalue weighted by molar-refractivity contribution is 7.13. The van der Waals surface area contributed by atoms with Gasteiger partial charge in [-0.15, -0.1) is 11.3 Å². The van der Waals surface area contributed by atoms with Crippen molar-refractivity contribution in [2.75, 3.05) is 0 Å². The maximum Gasteiger partial charge on any atom is 0.105 e. The van der Waals surface area contributed by atoms with Gasteiger partial charge in [0.1, 0.15) is 5.82 Å². The van der Waals surface area contributed by atoms with E-state index in [1.807, 2.05) is 25.4 Å². The van der Waals surface area contributed by atoms with Crippen molar-refractivity contribution in [3.05, 3.63) is 64.5 Å². The molecule has 0 unspecified atom stereocenters. The van der Waals surface area contributed by atoms with E-state index in [2.05, 4.69) is 39.2 Å². The van der Waals surface area contributed by atoms with Gasteiger partial charge in [0.25, 0.3) is 0 Å². The van der Waals surface area contributed by atoms with Crippen molar-refractivity contribution >= 4 is 22.9 Å². The molecule has 2 nitrogen and oxygen atoms in total. The third-order valence-electron chi connectivity index (χ3n) is 3.12. The highest BCUT2D eigenvalue weighted by Gasteiger charge is 2.06. The zero-order chi connectivity index (χ0) is 13.2. The van der Waals surface area contributed by atoms with Gasteiger partial charge in [0.05, 0.1) is 6.54 Å². The van der Waals surface area contributed by atoms with E-state index in [0.29, 0.717) is 0 Å². The number of rotatable bonds is 3. The van der Waals surface area contributed by atoms with Gasteiger partial charge in [-0.3, -0.25) is 0 Å². The topological polar surface area (TPSA) is 17.8 Å². The third kappa shape index (κ3) is 2.57. The first-order valence-corrected chi connectivity index (χ1v) is 7.30. The molecular weight excluding hydrogens is 276 g/mol. The Morgan fingerprint density at radius 2 is 2.21 bits per heavy atom. The number of nitrogens with zero attached hydrogens (tertiary/aromatic N) is 2. The Kier molecular flexibility index (Phi) is 3.40. The van der Waals surface area contributed by atoms with Gasteiger partial charge in [0.15, 0.2) is 0 Å². The van der Waals surface area contributed by atoms with Crippen LogP contribution in [0.15, 0.2) is 48.1 Å². The SMILES string of the molecule is Cc1nccn1Cc1ccc(-c2cccs2)cc1Cl. The monoisotopic (exact) mass is 288 g/mol. The fourth-order valence-electron chi connectivity index (χ4n) is 2.03. The lowest BCUT2D eigenvalue weighted by molar-refractivity contribution is 0.762. The number of hydrogen-bond donors (Lipinski definition) is 0. The molecule has 3 aromatic rings. The molecule has 0 aliphatic rings. The Bertz CT molecular complexity index is 686. The number of thiophene rings is 1. The molecule has 0 aliphatic carbocycles. The summed E-state index contributed by atoms with van der Waals surface area (Å²) in [6.45, 7) is 2.75. The molecule has 0 fully saturated rings. The zero-order valence-corrected chi connectivity index (χ0v) is 12.1. The minimum absolute atomic E-state index is 0.759. The van der Waals surface area contributed by atoms with E-state index in [1.54, 1.807) is 11.3 Å². The average molecular weight is 289 g/mol. The minimum Gasteiger partial charge on any atom is -0.331 e. The van der Waals surface area contributed by atoms with Crippen molar-refractivity contribution in [3.63, 3.8) is 0 Å². The van der Waals surface area contributed by atoms with E-state index < -0.39 is 0 Å².